The summed E-state index contributed by atoms with van der Waals surface area (Å²) >= 11 is 0. The highest BCUT2D eigenvalue weighted by Gasteiger charge is 2.32. The normalized spacial score (nSPS) is 22.6. The molecule has 7 nitrogen and oxygen atoms in total. The fourth-order valence-electron chi connectivity index (χ4n) is 3.60. The number of hydrogen-bond acceptors (Lipinski definition) is 5. The summed E-state index contributed by atoms with van der Waals surface area (Å²) < 4.78 is 5.87. The zero-order valence-corrected chi connectivity index (χ0v) is 14.5. The summed E-state index contributed by atoms with van der Waals surface area (Å²) in [6.45, 7) is 3.19. The van der Waals surface area contributed by atoms with Gasteiger partial charge in [0.05, 0.1) is 0 Å². The van der Waals surface area contributed by atoms with Gasteiger partial charge in [0.2, 0.25) is 0 Å². The molecule has 2 aromatic rings. The topological polar surface area (TPSA) is 92.8 Å². The van der Waals surface area contributed by atoms with E-state index in [4.69, 9.17) is 4.74 Å². The monoisotopic (exact) mass is 341 g/mol. The van der Waals surface area contributed by atoms with E-state index in [1.807, 2.05) is 6.92 Å². The smallest absolute Gasteiger partial charge is 0.272 e. The van der Waals surface area contributed by atoms with Gasteiger partial charge in [-0.1, -0.05) is 0 Å². The van der Waals surface area contributed by atoms with Gasteiger partial charge in [-0.3, -0.25) is 9.89 Å². The van der Waals surface area contributed by atoms with Gasteiger partial charge in [0.1, 0.15) is 5.60 Å². The van der Waals surface area contributed by atoms with Crippen molar-refractivity contribution in [1.29, 1.82) is 0 Å². The predicted molar refractivity (Wildman–Crippen MR) is 91.0 cm³/mol. The Kier molecular flexibility index (Phi) is 4.25. The summed E-state index contributed by atoms with van der Waals surface area (Å²) in [7, 11) is 0. The molecule has 7 heteroatoms. The lowest BCUT2D eigenvalue weighted by Gasteiger charge is -2.32. The van der Waals surface area contributed by atoms with Crippen molar-refractivity contribution in [3.63, 3.8) is 0 Å². The molecule has 1 amide bonds. The first kappa shape index (κ1) is 16.2. The average Bonchev–Trinajstić information content (AvgIpc) is 3.24. The molecule has 1 fully saturated rings. The van der Waals surface area contributed by atoms with Gasteiger partial charge in [0.15, 0.2) is 11.5 Å². The molecule has 0 radical (unpaired) electrons. The molecule has 1 unspecified atom stereocenters. The average molecular weight is 341 g/mol. The first-order valence-electron chi connectivity index (χ1n) is 8.95. The zero-order valence-electron chi connectivity index (χ0n) is 14.5. The maximum absolute atomic E-state index is 12.3. The Bertz CT molecular complexity index is 762. The van der Waals surface area contributed by atoms with Gasteiger partial charge in [-0.2, -0.15) is 5.10 Å². The third-order valence-corrected chi connectivity index (χ3v) is 5.12. The van der Waals surface area contributed by atoms with Crippen molar-refractivity contribution in [1.82, 2.24) is 25.5 Å². The minimum atomic E-state index is -0.393. The molecule has 0 aromatic carbocycles. The van der Waals surface area contributed by atoms with Crippen LogP contribution in [0.1, 0.15) is 65.7 Å². The number of nitrogens with one attached hydrogen (secondary N) is 2. The first-order valence-corrected chi connectivity index (χ1v) is 8.95. The van der Waals surface area contributed by atoms with Crippen LogP contribution >= 0.6 is 0 Å². The minimum absolute atomic E-state index is 0.147. The second-order valence-corrected chi connectivity index (χ2v) is 7.02. The zero-order chi connectivity index (χ0) is 17.3. The number of fused-ring (bicyclic) bond motifs is 1. The molecule has 3 heterocycles. The van der Waals surface area contributed by atoms with Crippen LogP contribution in [0.4, 0.5) is 0 Å². The second-order valence-electron chi connectivity index (χ2n) is 7.02. The third-order valence-electron chi connectivity index (χ3n) is 5.12. The Hall–Kier alpha value is -2.28. The quantitative estimate of drug-likeness (QED) is 0.888. The van der Waals surface area contributed by atoms with Crippen LogP contribution in [-0.2, 0) is 29.7 Å². The summed E-state index contributed by atoms with van der Waals surface area (Å²) in [4.78, 5) is 21.3. The molecule has 25 heavy (non-hydrogen) atoms. The van der Waals surface area contributed by atoms with Gasteiger partial charge < -0.3 is 10.1 Å². The Morgan fingerprint density at radius 2 is 2.12 bits per heavy atom. The Morgan fingerprint density at radius 3 is 2.88 bits per heavy atom. The molecule has 4 rings (SSSR count). The van der Waals surface area contributed by atoms with E-state index in [1.165, 1.54) is 0 Å². The Labute approximate surface area is 146 Å². The predicted octanol–water partition coefficient (Wildman–Crippen LogP) is 2.03. The summed E-state index contributed by atoms with van der Waals surface area (Å²) in [6, 6.07) is 0. The highest BCUT2D eigenvalue weighted by atomic mass is 16.5. The number of rotatable bonds is 4. The standard InChI is InChI=1S/C18H23N5O2/c1-18(7-2-3-8-25-18)17-20-10-12(11-21-17)9-19-16(24)15-13-5-4-6-14(13)22-23-15/h10-11H,2-9H2,1H3,(H,19,24)(H,22,23). The number of aryl methyl sites for hydroxylation is 1. The number of ether oxygens (including phenoxy) is 1. The molecule has 132 valence electrons. The fraction of sp³-hybridized carbons (Fsp3) is 0.556. The Balaban J connectivity index is 1.39. The fourth-order valence-corrected chi connectivity index (χ4v) is 3.60. The molecule has 0 bridgehead atoms. The Morgan fingerprint density at radius 1 is 1.28 bits per heavy atom. The number of aromatic amines is 1. The second kappa shape index (κ2) is 6.55. The molecule has 1 aliphatic carbocycles. The van der Waals surface area contributed by atoms with Crippen LogP contribution in [0.2, 0.25) is 0 Å². The van der Waals surface area contributed by atoms with E-state index in [1.54, 1.807) is 12.4 Å². The van der Waals surface area contributed by atoms with Crippen LogP contribution in [0, 0.1) is 0 Å². The van der Waals surface area contributed by atoms with E-state index in [0.29, 0.717) is 18.1 Å². The molecule has 1 aliphatic heterocycles. The van der Waals surface area contributed by atoms with Crippen molar-refractivity contribution in [2.24, 2.45) is 0 Å². The van der Waals surface area contributed by atoms with Crippen molar-refractivity contribution < 1.29 is 9.53 Å². The van der Waals surface area contributed by atoms with E-state index in [2.05, 4.69) is 25.5 Å². The number of amides is 1. The summed E-state index contributed by atoms with van der Waals surface area (Å²) in [5, 5.41) is 10.0. The number of aromatic nitrogens is 4. The van der Waals surface area contributed by atoms with Crippen molar-refractivity contribution >= 4 is 5.91 Å². The number of hydrogen-bond donors (Lipinski definition) is 2. The number of H-pyrrole nitrogens is 1. The maximum Gasteiger partial charge on any atom is 0.272 e. The van der Waals surface area contributed by atoms with Crippen LogP contribution in [-0.4, -0.2) is 32.7 Å². The van der Waals surface area contributed by atoms with Gasteiger partial charge >= 0.3 is 0 Å². The third kappa shape index (κ3) is 3.16. The van der Waals surface area contributed by atoms with E-state index in [0.717, 1.165) is 62.0 Å². The van der Waals surface area contributed by atoms with E-state index < -0.39 is 5.60 Å². The summed E-state index contributed by atoms with van der Waals surface area (Å²) in [5.41, 5.74) is 3.15. The largest absolute Gasteiger partial charge is 0.367 e. The van der Waals surface area contributed by atoms with E-state index in [-0.39, 0.29) is 5.91 Å². The number of carbonyl (C=O) groups is 1. The highest BCUT2D eigenvalue weighted by Crippen LogP contribution is 2.32. The lowest BCUT2D eigenvalue weighted by molar-refractivity contribution is -0.0760. The van der Waals surface area contributed by atoms with Gasteiger partial charge in [0, 0.05) is 42.4 Å². The van der Waals surface area contributed by atoms with Crippen molar-refractivity contribution in [3.8, 4) is 0 Å². The van der Waals surface area contributed by atoms with Gasteiger partial charge in [0.25, 0.3) is 5.91 Å². The molecule has 1 saturated heterocycles. The number of nitrogens with zero attached hydrogens (tertiary/aromatic N) is 3. The molecule has 0 spiro atoms. The van der Waals surface area contributed by atoms with Crippen molar-refractivity contribution in [2.75, 3.05) is 6.61 Å². The van der Waals surface area contributed by atoms with Crippen LogP contribution in [0.25, 0.3) is 0 Å². The molecular weight excluding hydrogens is 318 g/mol. The van der Waals surface area contributed by atoms with E-state index >= 15 is 0 Å². The first-order chi connectivity index (χ1) is 12.2. The van der Waals surface area contributed by atoms with Gasteiger partial charge in [-0.25, -0.2) is 9.97 Å². The lowest BCUT2D eigenvalue weighted by atomic mass is 9.95. The molecule has 0 saturated carbocycles. The van der Waals surface area contributed by atoms with Crippen LogP contribution < -0.4 is 5.32 Å². The van der Waals surface area contributed by atoms with Crippen LogP contribution in [0.3, 0.4) is 0 Å². The summed E-state index contributed by atoms with van der Waals surface area (Å²) in [6.07, 6.45) is 9.67. The molecule has 2 aliphatic rings. The lowest BCUT2D eigenvalue weighted by Crippen LogP contribution is -2.32. The van der Waals surface area contributed by atoms with E-state index in [9.17, 15) is 4.79 Å². The minimum Gasteiger partial charge on any atom is -0.367 e. The van der Waals surface area contributed by atoms with Crippen LogP contribution in [0.15, 0.2) is 12.4 Å². The number of carbonyl (C=O) groups excluding carboxylic acids is 1. The maximum atomic E-state index is 12.3. The molecular formula is C18H23N5O2. The summed E-state index contributed by atoms with van der Waals surface area (Å²) in [5.74, 6) is 0.568. The SMILES string of the molecule is CC1(c2ncc(CNC(=O)c3n[nH]c4c3CCC4)cn2)CCCCO1. The molecule has 2 aromatic heterocycles. The highest BCUT2D eigenvalue weighted by molar-refractivity contribution is 5.94. The van der Waals surface area contributed by atoms with Crippen LogP contribution in [0.5, 0.6) is 0 Å². The van der Waals surface area contributed by atoms with Crippen molar-refractivity contribution in [2.45, 2.75) is 57.6 Å². The van der Waals surface area contributed by atoms with Crippen molar-refractivity contribution in [3.05, 3.63) is 40.7 Å². The molecule has 1 atom stereocenters. The van der Waals surface area contributed by atoms with Gasteiger partial charge in [-0.05, 0) is 45.4 Å². The van der Waals surface area contributed by atoms with Gasteiger partial charge in [-0.15, -0.1) is 0 Å². The molecule has 2 N–H and O–H groups in total.